The Morgan fingerprint density at radius 1 is 1.21 bits per heavy atom. The minimum atomic E-state index is -1.05. The van der Waals surface area contributed by atoms with Crippen LogP contribution in [0.5, 0.6) is 0 Å². The molecule has 0 aromatic heterocycles. The van der Waals surface area contributed by atoms with Crippen LogP contribution in [0.2, 0.25) is 0 Å². The molecule has 0 aliphatic heterocycles. The molecule has 3 heteroatoms. The van der Waals surface area contributed by atoms with E-state index in [2.05, 4.69) is 6.92 Å². The van der Waals surface area contributed by atoms with Crippen molar-refractivity contribution >= 4 is 29.0 Å². The first-order valence-corrected chi connectivity index (χ1v) is 6.18. The van der Waals surface area contributed by atoms with Crippen LogP contribution in [0.25, 0.3) is 0 Å². The fourth-order valence-electron chi connectivity index (χ4n) is 2.69. The van der Waals surface area contributed by atoms with Crippen molar-refractivity contribution in [3.05, 3.63) is 0 Å². The summed E-state index contributed by atoms with van der Waals surface area (Å²) in [5.74, 6) is 1.66. The Bertz CT molecular complexity index is 242. The zero-order valence-electron chi connectivity index (χ0n) is 8.43. The highest BCUT2D eigenvalue weighted by Crippen LogP contribution is 2.52. The van der Waals surface area contributed by atoms with Crippen molar-refractivity contribution in [2.45, 2.75) is 43.4 Å². The summed E-state index contributed by atoms with van der Waals surface area (Å²) < 4.78 is -1.05. The van der Waals surface area contributed by atoms with E-state index < -0.39 is 4.33 Å². The van der Waals surface area contributed by atoms with Crippen LogP contribution >= 0.6 is 23.2 Å². The third kappa shape index (κ3) is 1.69. The van der Waals surface area contributed by atoms with Crippen LogP contribution in [0.1, 0.15) is 39.0 Å². The number of rotatable bonds is 1. The zero-order chi connectivity index (χ0) is 10.3. The SMILES string of the molecule is CC1CCC(C2CC(=O)C2(Cl)Cl)CC1. The summed E-state index contributed by atoms with van der Waals surface area (Å²) in [4.78, 5) is 11.2. The van der Waals surface area contributed by atoms with E-state index in [1.54, 1.807) is 0 Å². The molecular formula is C11H16Cl2O. The van der Waals surface area contributed by atoms with Crippen molar-refractivity contribution in [2.75, 3.05) is 0 Å². The Morgan fingerprint density at radius 3 is 2.21 bits per heavy atom. The molecule has 2 fully saturated rings. The molecule has 1 atom stereocenters. The van der Waals surface area contributed by atoms with Gasteiger partial charge in [-0.2, -0.15) is 0 Å². The zero-order valence-corrected chi connectivity index (χ0v) is 9.94. The Balaban J connectivity index is 1.94. The van der Waals surface area contributed by atoms with Gasteiger partial charge in [-0.05, 0) is 24.7 Å². The van der Waals surface area contributed by atoms with Crippen molar-refractivity contribution in [3.63, 3.8) is 0 Å². The molecule has 2 saturated carbocycles. The lowest BCUT2D eigenvalue weighted by atomic mass is 9.67. The van der Waals surface area contributed by atoms with Gasteiger partial charge in [0.1, 0.15) is 0 Å². The Hall–Kier alpha value is 0.250. The van der Waals surface area contributed by atoms with Crippen LogP contribution in [0.4, 0.5) is 0 Å². The first-order chi connectivity index (χ1) is 6.51. The molecule has 0 radical (unpaired) electrons. The van der Waals surface area contributed by atoms with Crippen molar-refractivity contribution < 1.29 is 4.79 Å². The van der Waals surface area contributed by atoms with Crippen molar-refractivity contribution in [2.24, 2.45) is 17.8 Å². The topological polar surface area (TPSA) is 17.1 Å². The molecule has 2 aliphatic carbocycles. The van der Waals surface area contributed by atoms with Crippen molar-refractivity contribution in [3.8, 4) is 0 Å². The number of hydrogen-bond donors (Lipinski definition) is 0. The Morgan fingerprint density at radius 2 is 1.79 bits per heavy atom. The average Bonchev–Trinajstić information content (AvgIpc) is 2.16. The molecule has 0 bridgehead atoms. The maximum absolute atomic E-state index is 11.2. The number of Topliss-reactive ketones (excluding diaryl/α,β-unsaturated/α-hetero) is 1. The van der Waals surface area contributed by atoms with E-state index in [1.165, 1.54) is 25.7 Å². The third-order valence-corrected chi connectivity index (χ3v) is 4.85. The highest BCUT2D eigenvalue weighted by molar-refractivity contribution is 6.60. The van der Waals surface area contributed by atoms with Gasteiger partial charge in [0.15, 0.2) is 10.1 Å². The quantitative estimate of drug-likeness (QED) is 0.635. The predicted molar refractivity (Wildman–Crippen MR) is 58.7 cm³/mol. The second kappa shape index (κ2) is 3.68. The molecule has 2 rings (SSSR count). The van der Waals surface area contributed by atoms with E-state index in [0.29, 0.717) is 12.3 Å². The molecule has 0 aromatic rings. The molecule has 0 saturated heterocycles. The first-order valence-electron chi connectivity index (χ1n) is 5.43. The summed E-state index contributed by atoms with van der Waals surface area (Å²) in [6, 6.07) is 0. The van der Waals surface area contributed by atoms with Gasteiger partial charge in [0.05, 0.1) is 0 Å². The Kier molecular flexibility index (Phi) is 2.83. The normalized spacial score (nSPS) is 41.9. The van der Waals surface area contributed by atoms with Crippen LogP contribution in [0.3, 0.4) is 0 Å². The van der Waals surface area contributed by atoms with Crippen molar-refractivity contribution in [1.29, 1.82) is 0 Å². The summed E-state index contributed by atoms with van der Waals surface area (Å²) >= 11 is 12.0. The monoisotopic (exact) mass is 234 g/mol. The number of alkyl halides is 2. The highest BCUT2D eigenvalue weighted by Gasteiger charge is 2.55. The maximum atomic E-state index is 11.2. The smallest absolute Gasteiger partial charge is 0.179 e. The number of carbonyl (C=O) groups excluding carboxylic acids is 1. The van der Waals surface area contributed by atoms with E-state index in [9.17, 15) is 4.79 Å². The van der Waals surface area contributed by atoms with E-state index in [-0.39, 0.29) is 11.7 Å². The number of halogens is 2. The molecule has 80 valence electrons. The van der Waals surface area contributed by atoms with E-state index in [0.717, 1.165) is 5.92 Å². The molecule has 1 nitrogen and oxygen atoms in total. The molecule has 0 amide bonds. The van der Waals surface area contributed by atoms with E-state index in [1.807, 2.05) is 0 Å². The summed E-state index contributed by atoms with van der Waals surface area (Å²) in [5.41, 5.74) is 0. The summed E-state index contributed by atoms with van der Waals surface area (Å²) in [5, 5.41) is 0. The van der Waals surface area contributed by atoms with Gasteiger partial charge in [-0.3, -0.25) is 4.79 Å². The van der Waals surface area contributed by atoms with Crippen molar-refractivity contribution in [1.82, 2.24) is 0 Å². The largest absolute Gasteiger partial charge is 0.296 e. The van der Waals surface area contributed by atoms with Crippen LogP contribution in [0.15, 0.2) is 0 Å². The average molecular weight is 235 g/mol. The van der Waals surface area contributed by atoms with Gasteiger partial charge in [0, 0.05) is 12.3 Å². The minimum absolute atomic E-state index is 0.0180. The van der Waals surface area contributed by atoms with Gasteiger partial charge in [-0.25, -0.2) is 0 Å². The summed E-state index contributed by atoms with van der Waals surface area (Å²) in [6.45, 7) is 2.29. The molecule has 0 N–H and O–H groups in total. The van der Waals surface area contributed by atoms with E-state index in [4.69, 9.17) is 23.2 Å². The lowest BCUT2D eigenvalue weighted by molar-refractivity contribution is -0.130. The number of hydrogen-bond acceptors (Lipinski definition) is 1. The van der Waals surface area contributed by atoms with Gasteiger partial charge in [-0.15, -0.1) is 0 Å². The molecule has 0 aromatic carbocycles. The second-order valence-electron chi connectivity index (χ2n) is 4.88. The lowest BCUT2D eigenvalue weighted by Gasteiger charge is -2.44. The van der Waals surface area contributed by atoms with Gasteiger partial charge in [0.2, 0.25) is 0 Å². The standard InChI is InChI=1S/C11H16Cl2O/c1-7-2-4-8(5-3-7)9-6-10(14)11(9,12)13/h7-9H,2-6H2,1H3. The van der Waals surface area contributed by atoms with Crippen LogP contribution < -0.4 is 0 Å². The molecule has 0 heterocycles. The molecule has 1 unspecified atom stereocenters. The van der Waals surface area contributed by atoms with Gasteiger partial charge >= 0.3 is 0 Å². The fourth-order valence-corrected chi connectivity index (χ4v) is 3.36. The van der Waals surface area contributed by atoms with E-state index >= 15 is 0 Å². The number of ketones is 1. The van der Waals surface area contributed by atoms with Crippen LogP contribution in [-0.4, -0.2) is 10.1 Å². The van der Waals surface area contributed by atoms with Crippen LogP contribution in [0, 0.1) is 17.8 Å². The van der Waals surface area contributed by atoms with Crippen LogP contribution in [-0.2, 0) is 4.79 Å². The third-order valence-electron chi connectivity index (χ3n) is 3.87. The molecule has 2 aliphatic rings. The summed E-state index contributed by atoms with van der Waals surface area (Å²) in [7, 11) is 0. The lowest BCUT2D eigenvalue weighted by Crippen LogP contribution is -2.51. The van der Waals surface area contributed by atoms with Gasteiger partial charge in [-0.1, -0.05) is 43.0 Å². The number of carbonyl (C=O) groups is 1. The van der Waals surface area contributed by atoms with Gasteiger partial charge in [0.25, 0.3) is 0 Å². The molecule has 0 spiro atoms. The maximum Gasteiger partial charge on any atom is 0.179 e. The highest BCUT2D eigenvalue weighted by atomic mass is 35.5. The Labute approximate surface area is 95.1 Å². The summed E-state index contributed by atoms with van der Waals surface area (Å²) in [6.07, 6.45) is 5.52. The predicted octanol–water partition coefficient (Wildman–Crippen LogP) is 3.58. The molecular weight excluding hydrogens is 219 g/mol. The molecule has 14 heavy (non-hydrogen) atoms. The minimum Gasteiger partial charge on any atom is -0.296 e. The first kappa shape index (κ1) is 10.8. The van der Waals surface area contributed by atoms with Gasteiger partial charge < -0.3 is 0 Å². The fraction of sp³-hybridized carbons (Fsp3) is 0.909. The second-order valence-corrected chi connectivity index (χ2v) is 6.26.